The SMILES string of the molecule is CC(C)C(NC(=O)Nc1ccccc1)C(=O)N1CCN(Cc2nc(-c3cccs3)no2)CC1. The Labute approximate surface area is 196 Å². The molecule has 3 amide bonds. The van der Waals surface area contributed by atoms with Crippen molar-refractivity contribution in [2.24, 2.45) is 5.92 Å². The van der Waals surface area contributed by atoms with Gasteiger partial charge < -0.3 is 20.1 Å². The molecule has 2 N–H and O–H groups in total. The van der Waals surface area contributed by atoms with E-state index in [0.29, 0.717) is 50.1 Å². The Kier molecular flexibility index (Phi) is 7.36. The van der Waals surface area contributed by atoms with E-state index in [4.69, 9.17) is 4.52 Å². The van der Waals surface area contributed by atoms with Crippen molar-refractivity contribution in [2.45, 2.75) is 26.4 Å². The molecule has 1 aliphatic heterocycles. The van der Waals surface area contributed by atoms with Crippen LogP contribution in [0.5, 0.6) is 0 Å². The molecule has 0 radical (unpaired) electrons. The molecule has 1 atom stereocenters. The Morgan fingerprint density at radius 3 is 2.52 bits per heavy atom. The van der Waals surface area contributed by atoms with E-state index in [-0.39, 0.29) is 17.9 Å². The highest BCUT2D eigenvalue weighted by atomic mass is 32.1. The minimum atomic E-state index is -0.593. The number of carbonyl (C=O) groups excluding carboxylic acids is 2. The summed E-state index contributed by atoms with van der Waals surface area (Å²) in [7, 11) is 0. The topological polar surface area (TPSA) is 104 Å². The molecule has 3 heterocycles. The van der Waals surface area contributed by atoms with Crippen molar-refractivity contribution in [1.29, 1.82) is 0 Å². The zero-order valence-electron chi connectivity index (χ0n) is 18.7. The third-order valence-electron chi connectivity index (χ3n) is 5.50. The van der Waals surface area contributed by atoms with Gasteiger partial charge in [-0.25, -0.2) is 4.79 Å². The summed E-state index contributed by atoms with van der Waals surface area (Å²) in [5.41, 5.74) is 0.682. The molecule has 1 aliphatic rings. The summed E-state index contributed by atoms with van der Waals surface area (Å²) >= 11 is 1.57. The van der Waals surface area contributed by atoms with E-state index < -0.39 is 6.04 Å². The van der Waals surface area contributed by atoms with E-state index in [0.717, 1.165) is 4.88 Å². The summed E-state index contributed by atoms with van der Waals surface area (Å²) in [6.07, 6.45) is 0. The molecule has 2 aromatic heterocycles. The van der Waals surface area contributed by atoms with Crippen LogP contribution < -0.4 is 10.6 Å². The van der Waals surface area contributed by atoms with Gasteiger partial charge in [-0.2, -0.15) is 4.98 Å². The maximum Gasteiger partial charge on any atom is 0.319 e. The summed E-state index contributed by atoms with van der Waals surface area (Å²) < 4.78 is 5.40. The fourth-order valence-corrected chi connectivity index (χ4v) is 4.33. The highest BCUT2D eigenvalue weighted by Crippen LogP contribution is 2.22. The smallest absolute Gasteiger partial charge is 0.319 e. The molecular formula is C23H28N6O3S. The lowest BCUT2D eigenvalue weighted by Gasteiger charge is -2.36. The number of anilines is 1. The average Bonchev–Trinajstić information content (AvgIpc) is 3.50. The van der Waals surface area contributed by atoms with E-state index in [9.17, 15) is 9.59 Å². The van der Waals surface area contributed by atoms with Gasteiger partial charge >= 0.3 is 6.03 Å². The molecule has 1 unspecified atom stereocenters. The number of thiophene rings is 1. The van der Waals surface area contributed by atoms with Crippen LogP contribution in [0.4, 0.5) is 10.5 Å². The van der Waals surface area contributed by atoms with E-state index in [1.165, 1.54) is 0 Å². The van der Waals surface area contributed by atoms with Crippen LogP contribution in [0.1, 0.15) is 19.7 Å². The monoisotopic (exact) mass is 468 g/mol. The number of para-hydroxylation sites is 1. The van der Waals surface area contributed by atoms with Crippen LogP contribution in [-0.4, -0.2) is 64.1 Å². The van der Waals surface area contributed by atoms with E-state index in [1.54, 1.807) is 23.5 Å². The number of amides is 3. The van der Waals surface area contributed by atoms with Crippen molar-refractivity contribution in [2.75, 3.05) is 31.5 Å². The molecule has 10 heteroatoms. The van der Waals surface area contributed by atoms with Crippen LogP contribution in [0, 0.1) is 5.92 Å². The summed E-state index contributed by atoms with van der Waals surface area (Å²) in [5.74, 6) is 1.07. The van der Waals surface area contributed by atoms with E-state index in [2.05, 4.69) is 25.7 Å². The minimum Gasteiger partial charge on any atom is -0.338 e. The van der Waals surface area contributed by atoms with E-state index in [1.807, 2.05) is 54.5 Å². The first-order valence-corrected chi connectivity index (χ1v) is 11.9. The second-order valence-corrected chi connectivity index (χ2v) is 9.22. The number of aromatic nitrogens is 2. The molecule has 0 bridgehead atoms. The molecule has 0 aliphatic carbocycles. The van der Waals surface area contributed by atoms with Crippen molar-refractivity contribution in [3.05, 3.63) is 53.7 Å². The number of hydrogen-bond donors (Lipinski definition) is 2. The van der Waals surface area contributed by atoms with Gasteiger partial charge in [0.15, 0.2) is 0 Å². The summed E-state index contributed by atoms with van der Waals surface area (Å²) in [6.45, 7) is 6.97. The number of nitrogens with one attached hydrogen (secondary N) is 2. The van der Waals surface area contributed by atoms with Crippen molar-refractivity contribution in [1.82, 2.24) is 25.3 Å². The van der Waals surface area contributed by atoms with Crippen molar-refractivity contribution >= 4 is 29.0 Å². The normalized spacial score (nSPS) is 15.4. The average molecular weight is 469 g/mol. The largest absolute Gasteiger partial charge is 0.338 e. The molecule has 1 saturated heterocycles. The fourth-order valence-electron chi connectivity index (χ4n) is 3.68. The van der Waals surface area contributed by atoms with Gasteiger partial charge in [0.05, 0.1) is 11.4 Å². The molecular weight excluding hydrogens is 440 g/mol. The highest BCUT2D eigenvalue weighted by molar-refractivity contribution is 7.13. The van der Waals surface area contributed by atoms with Gasteiger partial charge in [0, 0.05) is 31.9 Å². The Hall–Kier alpha value is -3.24. The zero-order chi connectivity index (χ0) is 23.2. The summed E-state index contributed by atoms with van der Waals surface area (Å²) in [4.78, 5) is 35.0. The van der Waals surface area contributed by atoms with Crippen LogP contribution in [0.15, 0.2) is 52.4 Å². The number of carbonyl (C=O) groups is 2. The molecule has 0 saturated carbocycles. The molecule has 174 valence electrons. The third kappa shape index (κ3) is 5.96. The van der Waals surface area contributed by atoms with Crippen LogP contribution in [0.2, 0.25) is 0 Å². The Morgan fingerprint density at radius 2 is 1.85 bits per heavy atom. The zero-order valence-corrected chi connectivity index (χ0v) is 19.5. The highest BCUT2D eigenvalue weighted by Gasteiger charge is 2.31. The summed E-state index contributed by atoms with van der Waals surface area (Å²) in [5, 5.41) is 11.7. The maximum absolute atomic E-state index is 13.2. The number of benzene rings is 1. The van der Waals surface area contributed by atoms with Crippen molar-refractivity contribution in [3.8, 4) is 10.7 Å². The Balaban J connectivity index is 1.28. The van der Waals surface area contributed by atoms with Gasteiger partial charge in [0.25, 0.3) is 0 Å². The Bertz CT molecular complexity index is 1050. The van der Waals surface area contributed by atoms with Crippen LogP contribution in [0.25, 0.3) is 10.7 Å². The van der Waals surface area contributed by atoms with Crippen LogP contribution in [-0.2, 0) is 11.3 Å². The quantitative estimate of drug-likeness (QED) is 0.552. The molecule has 3 aromatic rings. The van der Waals surface area contributed by atoms with Crippen molar-refractivity contribution < 1.29 is 14.1 Å². The third-order valence-corrected chi connectivity index (χ3v) is 6.37. The lowest BCUT2D eigenvalue weighted by Crippen LogP contribution is -2.56. The first-order chi connectivity index (χ1) is 16.0. The van der Waals surface area contributed by atoms with Gasteiger partial charge in [0.2, 0.25) is 17.6 Å². The van der Waals surface area contributed by atoms with Gasteiger partial charge in [-0.15, -0.1) is 11.3 Å². The first-order valence-electron chi connectivity index (χ1n) is 11.0. The van der Waals surface area contributed by atoms with Gasteiger partial charge in [-0.05, 0) is 29.5 Å². The van der Waals surface area contributed by atoms with Gasteiger partial charge in [-0.3, -0.25) is 9.69 Å². The minimum absolute atomic E-state index is 0.0360. The first kappa shape index (κ1) is 22.9. The Morgan fingerprint density at radius 1 is 1.09 bits per heavy atom. The van der Waals surface area contributed by atoms with Gasteiger partial charge in [-0.1, -0.05) is 43.3 Å². The predicted molar refractivity (Wildman–Crippen MR) is 127 cm³/mol. The van der Waals surface area contributed by atoms with E-state index >= 15 is 0 Å². The molecule has 9 nitrogen and oxygen atoms in total. The fraction of sp³-hybridized carbons (Fsp3) is 0.391. The number of hydrogen-bond acceptors (Lipinski definition) is 7. The second-order valence-electron chi connectivity index (χ2n) is 8.28. The summed E-state index contributed by atoms with van der Waals surface area (Å²) in [6, 6.07) is 12.1. The standard InChI is InChI=1S/C23H28N6O3S/c1-16(2)20(26-23(31)24-17-7-4-3-5-8-17)22(30)29-12-10-28(11-13-29)15-19-25-21(27-32-19)18-9-6-14-33-18/h3-9,14,16,20H,10-13,15H2,1-2H3,(H2,24,26,31). The van der Waals surface area contributed by atoms with Crippen LogP contribution >= 0.6 is 11.3 Å². The van der Waals surface area contributed by atoms with Crippen molar-refractivity contribution in [3.63, 3.8) is 0 Å². The number of urea groups is 1. The predicted octanol–water partition coefficient (Wildman–Crippen LogP) is 3.29. The number of rotatable bonds is 7. The lowest BCUT2D eigenvalue weighted by molar-refractivity contribution is -0.136. The second kappa shape index (κ2) is 10.6. The molecule has 4 rings (SSSR count). The van der Waals surface area contributed by atoms with Crippen LogP contribution in [0.3, 0.4) is 0 Å². The van der Waals surface area contributed by atoms with Gasteiger partial charge in [0.1, 0.15) is 6.04 Å². The molecule has 33 heavy (non-hydrogen) atoms. The molecule has 0 spiro atoms. The number of nitrogens with zero attached hydrogens (tertiary/aromatic N) is 4. The molecule has 1 fully saturated rings. The maximum atomic E-state index is 13.2. The lowest BCUT2D eigenvalue weighted by atomic mass is 10.0. The molecule has 1 aromatic carbocycles. The number of piperazine rings is 1.